The molecule has 3 aromatic rings. The van der Waals surface area contributed by atoms with Crippen molar-refractivity contribution in [3.05, 3.63) is 53.3 Å². The van der Waals surface area contributed by atoms with E-state index in [0.717, 1.165) is 17.7 Å². The maximum atomic E-state index is 13.1. The fraction of sp³-hybridized carbons (Fsp3) is 0.118. The van der Waals surface area contributed by atoms with Crippen LogP contribution in [-0.2, 0) is 6.18 Å². The molecule has 0 saturated carbocycles. The predicted octanol–water partition coefficient (Wildman–Crippen LogP) is 4.10. The third-order valence-electron chi connectivity index (χ3n) is 3.59. The average molecular weight is 363 g/mol. The first-order valence-corrected chi connectivity index (χ1v) is 7.34. The van der Waals surface area contributed by atoms with Crippen molar-refractivity contribution >= 4 is 28.4 Å². The Hall–Kier alpha value is -3.36. The van der Waals surface area contributed by atoms with Crippen molar-refractivity contribution in [2.75, 3.05) is 5.32 Å². The van der Waals surface area contributed by atoms with Gasteiger partial charge in [-0.25, -0.2) is 14.8 Å². The number of carbonyl (C=O) groups is 1. The number of hydrogen-bond donors (Lipinski definition) is 3. The SMILES string of the molecule is Cc1ccc2nc(C(F)(F)F)nc(Nc3ccc(O)c(C(=O)O)c3)c2c1. The van der Waals surface area contributed by atoms with E-state index in [4.69, 9.17) is 5.11 Å². The number of fused-ring (bicyclic) bond motifs is 1. The summed E-state index contributed by atoms with van der Waals surface area (Å²) in [5.41, 5.74) is 0.661. The first-order valence-electron chi connectivity index (χ1n) is 7.34. The molecule has 0 aliphatic carbocycles. The number of carboxylic acid groups (broad SMARTS) is 1. The Balaban J connectivity index is 2.16. The van der Waals surface area contributed by atoms with Crippen LogP contribution in [0.1, 0.15) is 21.7 Å². The maximum Gasteiger partial charge on any atom is 0.451 e. The van der Waals surface area contributed by atoms with E-state index in [1.54, 1.807) is 19.1 Å². The molecule has 6 nitrogen and oxygen atoms in total. The van der Waals surface area contributed by atoms with Crippen LogP contribution >= 0.6 is 0 Å². The monoisotopic (exact) mass is 363 g/mol. The molecule has 0 spiro atoms. The second kappa shape index (κ2) is 6.17. The van der Waals surface area contributed by atoms with Gasteiger partial charge in [-0.15, -0.1) is 0 Å². The van der Waals surface area contributed by atoms with Crippen molar-refractivity contribution in [3.63, 3.8) is 0 Å². The third kappa shape index (κ3) is 3.37. The van der Waals surface area contributed by atoms with E-state index >= 15 is 0 Å². The van der Waals surface area contributed by atoms with Gasteiger partial charge in [0.15, 0.2) is 0 Å². The number of nitrogens with zero attached hydrogens (tertiary/aromatic N) is 2. The van der Waals surface area contributed by atoms with Gasteiger partial charge in [0.1, 0.15) is 17.1 Å². The number of aromatic nitrogens is 2. The quantitative estimate of drug-likeness (QED) is 0.606. The number of benzene rings is 2. The van der Waals surface area contributed by atoms with Crippen molar-refractivity contribution in [2.45, 2.75) is 13.1 Å². The Bertz CT molecular complexity index is 1020. The molecule has 0 fully saturated rings. The molecule has 2 aromatic carbocycles. The van der Waals surface area contributed by atoms with E-state index in [2.05, 4.69) is 15.3 Å². The summed E-state index contributed by atoms with van der Waals surface area (Å²) in [6.07, 6.45) is -4.74. The third-order valence-corrected chi connectivity index (χ3v) is 3.59. The highest BCUT2D eigenvalue weighted by Crippen LogP contribution is 2.32. The van der Waals surface area contributed by atoms with Crippen molar-refractivity contribution in [1.82, 2.24) is 9.97 Å². The fourth-order valence-electron chi connectivity index (χ4n) is 2.39. The lowest BCUT2D eigenvalue weighted by molar-refractivity contribution is -0.144. The number of aromatic carboxylic acids is 1. The molecule has 3 rings (SSSR count). The van der Waals surface area contributed by atoms with Crippen LogP contribution in [0.2, 0.25) is 0 Å². The normalized spacial score (nSPS) is 11.5. The number of carboxylic acids is 1. The molecule has 1 aromatic heterocycles. The lowest BCUT2D eigenvalue weighted by Crippen LogP contribution is -2.13. The van der Waals surface area contributed by atoms with Crippen LogP contribution in [0.4, 0.5) is 24.7 Å². The Labute approximate surface area is 145 Å². The van der Waals surface area contributed by atoms with Gasteiger partial charge in [-0.2, -0.15) is 13.2 Å². The molecule has 1 heterocycles. The van der Waals surface area contributed by atoms with Gasteiger partial charge >= 0.3 is 12.1 Å². The van der Waals surface area contributed by atoms with Gasteiger partial charge in [0.05, 0.1) is 5.52 Å². The number of alkyl halides is 3. The van der Waals surface area contributed by atoms with Gasteiger partial charge in [-0.3, -0.25) is 0 Å². The fourth-order valence-corrected chi connectivity index (χ4v) is 2.39. The number of aryl methyl sites for hydroxylation is 1. The predicted molar refractivity (Wildman–Crippen MR) is 87.6 cm³/mol. The van der Waals surface area contributed by atoms with E-state index in [-0.39, 0.29) is 22.6 Å². The number of nitrogens with one attached hydrogen (secondary N) is 1. The van der Waals surface area contributed by atoms with E-state index < -0.39 is 23.7 Å². The molecule has 0 atom stereocenters. The molecule has 0 unspecified atom stereocenters. The summed E-state index contributed by atoms with van der Waals surface area (Å²) >= 11 is 0. The molecular formula is C17H12F3N3O3. The summed E-state index contributed by atoms with van der Waals surface area (Å²) in [5.74, 6) is -3.26. The highest BCUT2D eigenvalue weighted by atomic mass is 19.4. The highest BCUT2D eigenvalue weighted by Gasteiger charge is 2.35. The summed E-state index contributed by atoms with van der Waals surface area (Å²) in [4.78, 5) is 18.2. The molecule has 134 valence electrons. The van der Waals surface area contributed by atoms with Gasteiger partial charge in [-0.1, -0.05) is 11.6 Å². The molecule has 0 radical (unpaired) electrons. The molecular weight excluding hydrogens is 351 g/mol. The highest BCUT2D eigenvalue weighted by molar-refractivity contribution is 5.94. The van der Waals surface area contributed by atoms with Crippen molar-refractivity contribution in [3.8, 4) is 5.75 Å². The van der Waals surface area contributed by atoms with Crippen LogP contribution in [-0.4, -0.2) is 26.2 Å². The molecule has 9 heteroatoms. The smallest absolute Gasteiger partial charge is 0.451 e. The standard InChI is InChI=1S/C17H12F3N3O3/c1-8-2-4-12-10(6-8)14(23-16(22-12)17(18,19)20)21-9-3-5-13(24)11(7-9)15(25)26/h2-7,24H,1H3,(H,25,26)(H,21,22,23). The van der Waals surface area contributed by atoms with Gasteiger partial charge in [0.25, 0.3) is 0 Å². The summed E-state index contributed by atoms with van der Waals surface area (Å²) in [6.45, 7) is 1.77. The minimum absolute atomic E-state index is 0.0951. The van der Waals surface area contributed by atoms with E-state index in [9.17, 15) is 23.1 Å². The number of anilines is 2. The Kier molecular flexibility index (Phi) is 4.15. The second-order valence-corrected chi connectivity index (χ2v) is 5.58. The van der Waals surface area contributed by atoms with E-state index in [1.165, 1.54) is 12.1 Å². The second-order valence-electron chi connectivity index (χ2n) is 5.58. The first kappa shape index (κ1) is 17.5. The van der Waals surface area contributed by atoms with Crippen LogP contribution in [0.15, 0.2) is 36.4 Å². The Morgan fingerprint density at radius 3 is 2.50 bits per heavy atom. The molecule has 0 aliphatic heterocycles. The summed E-state index contributed by atoms with van der Waals surface area (Å²) < 4.78 is 39.2. The topological polar surface area (TPSA) is 95.3 Å². The summed E-state index contributed by atoms with van der Waals surface area (Å²) in [6, 6.07) is 8.27. The number of phenols is 1. The lowest BCUT2D eigenvalue weighted by Gasteiger charge is -2.13. The molecule has 0 saturated heterocycles. The zero-order valence-corrected chi connectivity index (χ0v) is 13.3. The van der Waals surface area contributed by atoms with Crippen LogP contribution in [0, 0.1) is 6.92 Å². The maximum absolute atomic E-state index is 13.1. The van der Waals surface area contributed by atoms with Gasteiger partial charge in [-0.05, 0) is 37.3 Å². The minimum atomic E-state index is -4.74. The van der Waals surface area contributed by atoms with Crippen molar-refractivity contribution in [1.29, 1.82) is 0 Å². The number of hydrogen-bond acceptors (Lipinski definition) is 5. The summed E-state index contributed by atoms with van der Waals surface area (Å²) in [5, 5.41) is 21.6. The number of rotatable bonds is 3. The van der Waals surface area contributed by atoms with Crippen molar-refractivity contribution in [2.24, 2.45) is 0 Å². The van der Waals surface area contributed by atoms with Gasteiger partial charge in [0.2, 0.25) is 5.82 Å². The molecule has 26 heavy (non-hydrogen) atoms. The largest absolute Gasteiger partial charge is 0.507 e. The number of halogens is 3. The van der Waals surface area contributed by atoms with Gasteiger partial charge < -0.3 is 15.5 Å². The summed E-state index contributed by atoms with van der Waals surface area (Å²) in [7, 11) is 0. The van der Waals surface area contributed by atoms with Crippen LogP contribution in [0.3, 0.4) is 0 Å². The molecule has 0 amide bonds. The molecule has 0 bridgehead atoms. The van der Waals surface area contributed by atoms with Crippen LogP contribution in [0.5, 0.6) is 5.75 Å². The van der Waals surface area contributed by atoms with Crippen LogP contribution in [0.25, 0.3) is 10.9 Å². The molecule has 0 aliphatic rings. The Morgan fingerprint density at radius 1 is 1.12 bits per heavy atom. The Morgan fingerprint density at radius 2 is 1.85 bits per heavy atom. The van der Waals surface area contributed by atoms with Crippen LogP contribution < -0.4 is 5.32 Å². The van der Waals surface area contributed by atoms with Crippen molar-refractivity contribution < 1.29 is 28.2 Å². The van der Waals surface area contributed by atoms with E-state index in [0.29, 0.717) is 5.39 Å². The first-order chi connectivity index (χ1) is 12.1. The molecule has 3 N–H and O–H groups in total. The van der Waals surface area contributed by atoms with E-state index in [1.807, 2.05) is 0 Å². The van der Waals surface area contributed by atoms with Gasteiger partial charge in [0, 0.05) is 11.1 Å². The average Bonchev–Trinajstić information content (AvgIpc) is 2.55. The zero-order chi connectivity index (χ0) is 19.1. The minimum Gasteiger partial charge on any atom is -0.507 e. The number of aromatic hydroxyl groups is 1. The lowest BCUT2D eigenvalue weighted by atomic mass is 10.1. The zero-order valence-electron chi connectivity index (χ0n) is 13.3.